The van der Waals surface area contributed by atoms with E-state index in [-0.39, 0.29) is 18.4 Å². The monoisotopic (exact) mass is 167 g/mol. The maximum Gasteiger partial charge on any atom is 0.325 e. The Morgan fingerprint density at radius 2 is 2.10 bits per heavy atom. The van der Waals surface area contributed by atoms with Gasteiger partial charge in [-0.2, -0.15) is 0 Å². The summed E-state index contributed by atoms with van der Waals surface area (Å²) in [6, 6.07) is 0. The molecule has 0 amide bonds. The number of hydrogen-bond donors (Lipinski definition) is 1. The summed E-state index contributed by atoms with van der Waals surface area (Å²) in [4.78, 5) is 10.7. The van der Waals surface area contributed by atoms with Gasteiger partial charge < -0.3 is 10.5 Å². The topological polar surface area (TPSA) is 52.3 Å². The van der Waals surface area contributed by atoms with Crippen molar-refractivity contribution in [2.24, 2.45) is 5.73 Å². The second kappa shape index (κ2) is 4.52. The lowest BCUT2D eigenvalue weighted by Gasteiger charge is -2.18. The Morgan fingerprint density at radius 3 is 2.20 bits per heavy atom. The number of esters is 1. The lowest BCUT2D eigenvalue weighted by molar-refractivity contribution is -0.146. The summed E-state index contributed by atoms with van der Waals surface area (Å²) in [5.41, 5.74) is 4.68. The summed E-state index contributed by atoms with van der Waals surface area (Å²) in [5.74, 6) is -0.356. The molecule has 4 heteroatoms. The van der Waals surface area contributed by atoms with Gasteiger partial charge in [0.1, 0.15) is 5.54 Å². The van der Waals surface area contributed by atoms with E-state index in [2.05, 4.69) is 4.74 Å². The number of rotatable bonds is 2. The summed E-state index contributed by atoms with van der Waals surface area (Å²) < 4.78 is 4.44. The molecule has 0 saturated carbocycles. The van der Waals surface area contributed by atoms with Crippen molar-refractivity contribution in [3.63, 3.8) is 0 Å². The van der Waals surface area contributed by atoms with E-state index in [0.29, 0.717) is 6.42 Å². The molecule has 0 fully saturated rings. The molecule has 2 N–H and O–H groups in total. The number of methoxy groups -OCH3 is 1. The van der Waals surface area contributed by atoms with Crippen molar-refractivity contribution in [2.45, 2.75) is 25.8 Å². The van der Waals surface area contributed by atoms with Gasteiger partial charge in [0.2, 0.25) is 0 Å². The molecule has 3 nitrogen and oxygen atoms in total. The van der Waals surface area contributed by atoms with E-state index in [0.717, 1.165) is 0 Å². The van der Waals surface area contributed by atoms with Crippen LogP contribution in [0, 0.1) is 0 Å². The van der Waals surface area contributed by atoms with Crippen LogP contribution in [0.4, 0.5) is 0 Å². The first-order chi connectivity index (χ1) is 4.04. The van der Waals surface area contributed by atoms with Crippen LogP contribution in [0.2, 0.25) is 0 Å². The first kappa shape index (κ1) is 12.4. The van der Waals surface area contributed by atoms with Crippen molar-refractivity contribution in [3.05, 3.63) is 0 Å². The first-order valence-electron chi connectivity index (χ1n) is 2.92. The molecule has 0 rings (SSSR count). The highest BCUT2D eigenvalue weighted by molar-refractivity contribution is 5.85. The summed E-state index contributed by atoms with van der Waals surface area (Å²) in [5, 5.41) is 0. The van der Waals surface area contributed by atoms with Gasteiger partial charge in [0.15, 0.2) is 0 Å². The van der Waals surface area contributed by atoms with Crippen LogP contribution in [0.1, 0.15) is 20.3 Å². The molecule has 0 aromatic rings. The molecule has 0 unspecified atom stereocenters. The Morgan fingerprint density at radius 1 is 1.70 bits per heavy atom. The van der Waals surface area contributed by atoms with Gasteiger partial charge in [-0.25, -0.2) is 0 Å². The molecule has 10 heavy (non-hydrogen) atoms. The van der Waals surface area contributed by atoms with Crippen molar-refractivity contribution in [2.75, 3.05) is 7.11 Å². The van der Waals surface area contributed by atoms with E-state index in [1.165, 1.54) is 7.11 Å². The number of nitrogens with two attached hydrogens (primary N) is 1. The maximum atomic E-state index is 10.7. The molecule has 0 heterocycles. The number of carbonyl (C=O) groups excluding carboxylic acids is 1. The average molecular weight is 168 g/mol. The molecule has 0 radical (unpaired) electrons. The molecule has 0 bridgehead atoms. The standard InChI is InChI=1S/C6H13NO2.ClH/c1-4-6(2,7)5(8)9-3;/h4,7H2,1-3H3;1H/t6-;/m1./s1. The van der Waals surface area contributed by atoms with Gasteiger partial charge in [0.25, 0.3) is 0 Å². The zero-order valence-electron chi connectivity index (χ0n) is 6.51. The highest BCUT2D eigenvalue weighted by Crippen LogP contribution is 2.05. The molecule has 1 atom stereocenters. The second-order valence-corrected chi connectivity index (χ2v) is 2.26. The van der Waals surface area contributed by atoms with Gasteiger partial charge in [-0.05, 0) is 13.3 Å². The molecule has 0 saturated heterocycles. The Kier molecular flexibility index (Phi) is 5.61. The zero-order valence-corrected chi connectivity index (χ0v) is 7.33. The third-order valence-electron chi connectivity index (χ3n) is 1.39. The fourth-order valence-electron chi connectivity index (χ4n) is 0.377. The van der Waals surface area contributed by atoms with Crippen molar-refractivity contribution < 1.29 is 9.53 Å². The minimum Gasteiger partial charge on any atom is -0.468 e. The van der Waals surface area contributed by atoms with Crippen LogP contribution >= 0.6 is 12.4 Å². The molecule has 62 valence electrons. The molecule has 0 aliphatic heterocycles. The fourth-order valence-corrected chi connectivity index (χ4v) is 0.377. The molecule has 0 aromatic carbocycles. The largest absolute Gasteiger partial charge is 0.468 e. The highest BCUT2D eigenvalue weighted by atomic mass is 35.5. The lowest BCUT2D eigenvalue weighted by atomic mass is 10.0. The second-order valence-electron chi connectivity index (χ2n) is 2.26. The van der Waals surface area contributed by atoms with Crippen LogP contribution < -0.4 is 5.73 Å². The minimum absolute atomic E-state index is 0. The minimum atomic E-state index is -0.811. The Hall–Kier alpha value is -0.280. The van der Waals surface area contributed by atoms with E-state index in [1.807, 2.05) is 6.92 Å². The fraction of sp³-hybridized carbons (Fsp3) is 0.833. The summed E-state index contributed by atoms with van der Waals surface area (Å²) in [6.07, 6.45) is 0.597. The van der Waals surface area contributed by atoms with Gasteiger partial charge in [0.05, 0.1) is 7.11 Å². The van der Waals surface area contributed by atoms with Crippen molar-refractivity contribution in [1.29, 1.82) is 0 Å². The van der Waals surface area contributed by atoms with Gasteiger partial charge in [0, 0.05) is 0 Å². The smallest absolute Gasteiger partial charge is 0.325 e. The average Bonchev–Trinajstić information content (AvgIpc) is 1.86. The maximum absolute atomic E-state index is 10.7. The quantitative estimate of drug-likeness (QED) is 0.617. The van der Waals surface area contributed by atoms with E-state index >= 15 is 0 Å². The van der Waals surface area contributed by atoms with Crippen LogP contribution in [-0.4, -0.2) is 18.6 Å². The molecular formula is C6H14ClNO2. The summed E-state index contributed by atoms with van der Waals surface area (Å²) in [6.45, 7) is 3.50. The van der Waals surface area contributed by atoms with Crippen LogP contribution in [0.15, 0.2) is 0 Å². The normalized spacial score (nSPS) is 14.8. The summed E-state index contributed by atoms with van der Waals surface area (Å²) >= 11 is 0. The number of carbonyl (C=O) groups is 1. The van der Waals surface area contributed by atoms with E-state index < -0.39 is 5.54 Å². The molecule has 0 aliphatic rings. The number of ether oxygens (including phenoxy) is 1. The highest BCUT2D eigenvalue weighted by Gasteiger charge is 2.26. The zero-order chi connectivity index (χ0) is 7.49. The Bertz CT molecular complexity index is 114. The third-order valence-corrected chi connectivity index (χ3v) is 1.39. The lowest BCUT2D eigenvalue weighted by Crippen LogP contribution is -2.44. The van der Waals surface area contributed by atoms with Gasteiger partial charge in [-0.15, -0.1) is 12.4 Å². The number of halogens is 1. The van der Waals surface area contributed by atoms with Gasteiger partial charge >= 0.3 is 5.97 Å². The van der Waals surface area contributed by atoms with Crippen LogP contribution in [-0.2, 0) is 9.53 Å². The first-order valence-corrected chi connectivity index (χ1v) is 2.92. The van der Waals surface area contributed by atoms with Crippen molar-refractivity contribution in [3.8, 4) is 0 Å². The number of hydrogen-bond acceptors (Lipinski definition) is 3. The van der Waals surface area contributed by atoms with Gasteiger partial charge in [-0.3, -0.25) is 4.79 Å². The van der Waals surface area contributed by atoms with Crippen molar-refractivity contribution in [1.82, 2.24) is 0 Å². The SMILES string of the molecule is CC[C@@](C)(N)C(=O)OC.Cl. The van der Waals surface area contributed by atoms with Gasteiger partial charge in [-0.1, -0.05) is 6.92 Å². The van der Waals surface area contributed by atoms with Crippen LogP contribution in [0.3, 0.4) is 0 Å². The Labute approximate surface area is 67.3 Å². The molecule has 0 aliphatic carbocycles. The van der Waals surface area contributed by atoms with E-state index in [1.54, 1.807) is 6.92 Å². The van der Waals surface area contributed by atoms with Crippen LogP contribution in [0.25, 0.3) is 0 Å². The molecular weight excluding hydrogens is 154 g/mol. The predicted octanol–water partition coefficient (Wildman–Crippen LogP) is 0.709. The molecule has 0 spiro atoms. The van der Waals surface area contributed by atoms with E-state index in [4.69, 9.17) is 5.73 Å². The van der Waals surface area contributed by atoms with Crippen LogP contribution in [0.5, 0.6) is 0 Å². The third kappa shape index (κ3) is 3.03. The Balaban J connectivity index is 0. The van der Waals surface area contributed by atoms with E-state index in [9.17, 15) is 4.79 Å². The molecule has 0 aromatic heterocycles. The summed E-state index contributed by atoms with van der Waals surface area (Å²) in [7, 11) is 1.34. The predicted molar refractivity (Wildman–Crippen MR) is 42.1 cm³/mol. The van der Waals surface area contributed by atoms with Crippen molar-refractivity contribution >= 4 is 18.4 Å².